The Morgan fingerprint density at radius 3 is 2.61 bits per heavy atom. The number of nitrogens with zero attached hydrogens (tertiary/aromatic N) is 1. The van der Waals surface area contributed by atoms with E-state index in [1.165, 1.54) is 31.4 Å². The van der Waals surface area contributed by atoms with Gasteiger partial charge < -0.3 is 4.90 Å². The molecule has 1 aliphatic carbocycles. The average molecular weight is 247 g/mol. The molecule has 0 bridgehead atoms. The van der Waals surface area contributed by atoms with Gasteiger partial charge in [0.05, 0.1) is 6.42 Å². The van der Waals surface area contributed by atoms with E-state index >= 15 is 0 Å². The number of halogens is 1. The molecule has 1 unspecified atom stereocenters. The summed E-state index contributed by atoms with van der Waals surface area (Å²) < 4.78 is 12.8. The molecule has 1 aromatic rings. The van der Waals surface area contributed by atoms with Gasteiger partial charge in [0.2, 0.25) is 5.91 Å². The van der Waals surface area contributed by atoms with Crippen molar-refractivity contribution >= 4 is 5.91 Å². The van der Waals surface area contributed by atoms with Crippen LogP contribution in [0.4, 0.5) is 4.39 Å². The molecule has 1 atom stereocenters. The second-order valence-corrected chi connectivity index (χ2v) is 5.44. The van der Waals surface area contributed by atoms with Gasteiger partial charge in [0.1, 0.15) is 5.82 Å². The molecule has 1 aliphatic heterocycles. The van der Waals surface area contributed by atoms with E-state index in [2.05, 4.69) is 4.90 Å². The lowest BCUT2D eigenvalue weighted by Gasteiger charge is -2.24. The molecule has 0 radical (unpaired) electrons. The molecule has 0 N–H and O–H groups in total. The monoisotopic (exact) mass is 247 g/mol. The number of amides is 1. The second-order valence-electron chi connectivity index (χ2n) is 5.44. The van der Waals surface area contributed by atoms with E-state index in [1.54, 1.807) is 12.1 Å². The molecule has 96 valence electrons. The third kappa shape index (κ3) is 2.40. The minimum Gasteiger partial charge on any atom is -0.339 e. The van der Waals surface area contributed by atoms with Crippen molar-refractivity contribution in [2.24, 2.45) is 5.92 Å². The van der Waals surface area contributed by atoms with Crippen LogP contribution < -0.4 is 0 Å². The fourth-order valence-corrected chi connectivity index (χ4v) is 2.95. The van der Waals surface area contributed by atoms with Gasteiger partial charge in [-0.1, -0.05) is 12.1 Å². The van der Waals surface area contributed by atoms with Gasteiger partial charge in [-0.2, -0.15) is 0 Å². The molecule has 1 amide bonds. The summed E-state index contributed by atoms with van der Waals surface area (Å²) in [5, 5.41) is 0. The highest BCUT2D eigenvalue weighted by Crippen LogP contribution is 2.40. The van der Waals surface area contributed by atoms with Crippen LogP contribution in [0.2, 0.25) is 0 Å². The zero-order chi connectivity index (χ0) is 12.5. The zero-order valence-corrected chi connectivity index (χ0v) is 10.4. The molecule has 1 heterocycles. The van der Waals surface area contributed by atoms with E-state index in [9.17, 15) is 9.18 Å². The summed E-state index contributed by atoms with van der Waals surface area (Å²) in [5.41, 5.74) is 0.905. The van der Waals surface area contributed by atoms with Crippen molar-refractivity contribution in [2.45, 2.75) is 38.1 Å². The number of carbonyl (C=O) groups is 1. The smallest absolute Gasteiger partial charge is 0.227 e. The van der Waals surface area contributed by atoms with Gasteiger partial charge in [0.15, 0.2) is 0 Å². The molecule has 1 saturated heterocycles. The number of hydrogen-bond donors (Lipinski definition) is 0. The minimum absolute atomic E-state index is 0.205. The summed E-state index contributed by atoms with van der Waals surface area (Å²) in [6, 6.07) is 6.74. The fraction of sp³-hybridized carbons (Fsp3) is 0.533. The van der Waals surface area contributed by atoms with E-state index in [-0.39, 0.29) is 11.7 Å². The molecular formula is C15H18FNO. The molecule has 2 nitrogen and oxygen atoms in total. The van der Waals surface area contributed by atoms with Crippen LogP contribution in [0.5, 0.6) is 0 Å². The lowest BCUT2D eigenvalue weighted by atomic mass is 10.1. The third-order valence-electron chi connectivity index (χ3n) is 4.05. The topological polar surface area (TPSA) is 20.3 Å². The van der Waals surface area contributed by atoms with Crippen LogP contribution in [0.25, 0.3) is 0 Å². The Kier molecular flexibility index (Phi) is 3.06. The Balaban J connectivity index is 1.65. The van der Waals surface area contributed by atoms with Crippen molar-refractivity contribution in [3.05, 3.63) is 35.6 Å². The van der Waals surface area contributed by atoms with Crippen molar-refractivity contribution in [1.29, 1.82) is 0 Å². The van der Waals surface area contributed by atoms with E-state index < -0.39 is 0 Å². The number of hydrogen-bond acceptors (Lipinski definition) is 1. The molecule has 2 fully saturated rings. The first-order chi connectivity index (χ1) is 8.74. The van der Waals surface area contributed by atoms with Gasteiger partial charge in [0.25, 0.3) is 0 Å². The first-order valence-corrected chi connectivity index (χ1v) is 6.78. The Morgan fingerprint density at radius 2 is 1.94 bits per heavy atom. The number of carbonyl (C=O) groups excluding carboxylic acids is 1. The summed E-state index contributed by atoms with van der Waals surface area (Å²) in [4.78, 5) is 14.3. The zero-order valence-electron chi connectivity index (χ0n) is 10.4. The maximum absolute atomic E-state index is 12.8. The van der Waals surface area contributed by atoms with Crippen molar-refractivity contribution in [1.82, 2.24) is 4.90 Å². The summed E-state index contributed by atoms with van der Waals surface area (Å²) in [7, 11) is 0. The largest absolute Gasteiger partial charge is 0.339 e. The highest BCUT2D eigenvalue weighted by molar-refractivity contribution is 5.79. The standard InChI is InChI=1S/C15H18FNO/c16-13-7-3-11(4-8-13)10-15(18)17-9-1-2-14(17)12-5-6-12/h3-4,7-8,12,14H,1-2,5-6,9-10H2. The van der Waals surface area contributed by atoms with Gasteiger partial charge in [-0.05, 0) is 49.3 Å². The maximum Gasteiger partial charge on any atom is 0.227 e. The Hall–Kier alpha value is -1.38. The van der Waals surface area contributed by atoms with E-state index in [1.807, 2.05) is 0 Å². The van der Waals surface area contributed by atoms with Gasteiger partial charge in [-0.25, -0.2) is 4.39 Å². The van der Waals surface area contributed by atoms with Crippen LogP contribution in [-0.2, 0) is 11.2 Å². The van der Waals surface area contributed by atoms with E-state index in [0.29, 0.717) is 12.5 Å². The first-order valence-electron chi connectivity index (χ1n) is 6.78. The van der Waals surface area contributed by atoms with Crippen LogP contribution >= 0.6 is 0 Å². The van der Waals surface area contributed by atoms with Crippen LogP contribution in [-0.4, -0.2) is 23.4 Å². The molecule has 3 heteroatoms. The maximum atomic E-state index is 12.8. The molecule has 3 rings (SSSR count). The summed E-state index contributed by atoms with van der Waals surface area (Å²) in [6.07, 6.45) is 5.27. The highest BCUT2D eigenvalue weighted by Gasteiger charge is 2.39. The lowest BCUT2D eigenvalue weighted by molar-refractivity contribution is -0.131. The van der Waals surface area contributed by atoms with E-state index in [0.717, 1.165) is 24.4 Å². The molecule has 2 aliphatic rings. The lowest BCUT2D eigenvalue weighted by Crippen LogP contribution is -2.37. The summed E-state index contributed by atoms with van der Waals surface area (Å²) in [6.45, 7) is 0.904. The highest BCUT2D eigenvalue weighted by atomic mass is 19.1. The summed E-state index contributed by atoms with van der Waals surface area (Å²) in [5.74, 6) is 0.712. The molecule has 0 aromatic heterocycles. The van der Waals surface area contributed by atoms with Crippen molar-refractivity contribution in [3.63, 3.8) is 0 Å². The molecule has 1 saturated carbocycles. The predicted octanol–water partition coefficient (Wildman–Crippen LogP) is 2.77. The second kappa shape index (κ2) is 4.71. The molecule has 18 heavy (non-hydrogen) atoms. The van der Waals surface area contributed by atoms with Crippen LogP contribution in [0.3, 0.4) is 0 Å². The first kappa shape index (κ1) is 11.7. The van der Waals surface area contributed by atoms with Crippen LogP contribution in [0.15, 0.2) is 24.3 Å². The van der Waals surface area contributed by atoms with Crippen molar-refractivity contribution in [2.75, 3.05) is 6.54 Å². The number of benzene rings is 1. The number of likely N-dealkylation sites (tertiary alicyclic amines) is 1. The van der Waals surface area contributed by atoms with Gasteiger partial charge >= 0.3 is 0 Å². The van der Waals surface area contributed by atoms with Crippen LogP contribution in [0.1, 0.15) is 31.2 Å². The SMILES string of the molecule is O=C(Cc1ccc(F)cc1)N1CCCC1C1CC1. The molecular weight excluding hydrogens is 229 g/mol. The Morgan fingerprint density at radius 1 is 1.22 bits per heavy atom. The van der Waals surface area contributed by atoms with Crippen molar-refractivity contribution < 1.29 is 9.18 Å². The molecule has 0 spiro atoms. The molecule has 1 aromatic carbocycles. The Bertz CT molecular complexity index is 438. The normalized spacial score (nSPS) is 23.4. The Labute approximate surface area is 107 Å². The summed E-state index contributed by atoms with van der Waals surface area (Å²) >= 11 is 0. The van der Waals surface area contributed by atoms with Crippen molar-refractivity contribution in [3.8, 4) is 0 Å². The predicted molar refractivity (Wildman–Crippen MR) is 67.6 cm³/mol. The van der Waals surface area contributed by atoms with Crippen LogP contribution in [0, 0.1) is 11.7 Å². The number of rotatable bonds is 3. The van der Waals surface area contributed by atoms with Gasteiger partial charge in [-0.15, -0.1) is 0 Å². The van der Waals surface area contributed by atoms with Gasteiger partial charge in [-0.3, -0.25) is 4.79 Å². The minimum atomic E-state index is -0.247. The average Bonchev–Trinajstić information content (AvgIpc) is 3.09. The van der Waals surface area contributed by atoms with E-state index in [4.69, 9.17) is 0 Å². The fourth-order valence-electron chi connectivity index (χ4n) is 2.95. The quantitative estimate of drug-likeness (QED) is 0.804. The van der Waals surface area contributed by atoms with Gasteiger partial charge in [0, 0.05) is 12.6 Å². The third-order valence-corrected chi connectivity index (χ3v) is 4.05.